The summed E-state index contributed by atoms with van der Waals surface area (Å²) in [5, 5.41) is 0. The topological polar surface area (TPSA) is 35.5 Å². The summed E-state index contributed by atoms with van der Waals surface area (Å²) < 4.78 is 12.3. The van der Waals surface area contributed by atoms with Crippen LogP contribution in [0.5, 0.6) is 11.5 Å². The molecule has 0 aromatic heterocycles. The molecule has 0 spiro atoms. The molecule has 0 N–H and O–H groups in total. The Hall–Kier alpha value is -1.08. The molecule has 3 nitrogen and oxygen atoms in total. The van der Waals surface area contributed by atoms with E-state index in [1.54, 1.807) is 20.3 Å². The monoisotopic (exact) mass is 460 g/mol. The van der Waals surface area contributed by atoms with E-state index < -0.39 is 0 Å². The number of methoxy groups -OCH3 is 2. The van der Waals surface area contributed by atoms with Gasteiger partial charge in [0.2, 0.25) is 0 Å². The SMILES string of the molecule is COc1cc(C)c(C(=O)c2cc(Br)ccc2I)cc1OC. The number of rotatable bonds is 4. The predicted molar refractivity (Wildman–Crippen MR) is 94.6 cm³/mol. The van der Waals surface area contributed by atoms with Crippen molar-refractivity contribution < 1.29 is 14.3 Å². The molecular formula is C16H14BrIO3. The standard InChI is InChI=1S/C16H14BrIO3/c1-9-6-14(20-2)15(21-3)8-11(9)16(19)12-7-10(17)4-5-13(12)18/h4-8H,1-3H3. The number of aryl methyl sites for hydroxylation is 1. The van der Waals surface area contributed by atoms with Gasteiger partial charge in [0.15, 0.2) is 17.3 Å². The first-order chi connectivity index (χ1) is 9.97. The number of carbonyl (C=O) groups is 1. The second-order valence-electron chi connectivity index (χ2n) is 4.48. The number of hydrogen-bond acceptors (Lipinski definition) is 3. The van der Waals surface area contributed by atoms with Gasteiger partial charge in [-0.05, 0) is 65.4 Å². The number of ether oxygens (including phenoxy) is 2. The highest BCUT2D eigenvalue weighted by atomic mass is 127. The van der Waals surface area contributed by atoms with Gasteiger partial charge < -0.3 is 9.47 Å². The molecule has 21 heavy (non-hydrogen) atoms. The third-order valence-electron chi connectivity index (χ3n) is 3.15. The molecule has 0 atom stereocenters. The van der Waals surface area contributed by atoms with Gasteiger partial charge in [0.1, 0.15) is 0 Å². The molecule has 0 aliphatic carbocycles. The van der Waals surface area contributed by atoms with Crippen molar-refractivity contribution in [1.82, 2.24) is 0 Å². The zero-order chi connectivity index (χ0) is 15.6. The quantitative estimate of drug-likeness (QED) is 0.493. The molecule has 0 bridgehead atoms. The summed E-state index contributed by atoms with van der Waals surface area (Å²) in [6, 6.07) is 9.21. The van der Waals surface area contributed by atoms with E-state index in [-0.39, 0.29) is 5.78 Å². The Morgan fingerprint density at radius 2 is 1.67 bits per heavy atom. The second kappa shape index (κ2) is 6.79. The zero-order valence-corrected chi connectivity index (χ0v) is 15.6. The third kappa shape index (κ3) is 3.40. The average molecular weight is 461 g/mol. The van der Waals surface area contributed by atoms with Crippen LogP contribution < -0.4 is 9.47 Å². The first kappa shape index (κ1) is 16.3. The predicted octanol–water partition coefficient (Wildman–Crippen LogP) is 4.61. The van der Waals surface area contributed by atoms with Gasteiger partial charge >= 0.3 is 0 Å². The first-order valence-corrected chi connectivity index (χ1v) is 8.07. The molecule has 0 saturated carbocycles. The van der Waals surface area contributed by atoms with Crippen LogP contribution in [0.25, 0.3) is 0 Å². The van der Waals surface area contributed by atoms with E-state index in [4.69, 9.17) is 9.47 Å². The Kier molecular flexibility index (Phi) is 5.27. The molecule has 2 rings (SSSR count). The van der Waals surface area contributed by atoms with Crippen LogP contribution >= 0.6 is 38.5 Å². The Morgan fingerprint density at radius 3 is 2.29 bits per heavy atom. The molecule has 0 heterocycles. The van der Waals surface area contributed by atoms with E-state index in [9.17, 15) is 4.79 Å². The molecule has 0 aliphatic rings. The van der Waals surface area contributed by atoms with Gasteiger partial charge in [-0.25, -0.2) is 0 Å². The highest BCUT2D eigenvalue weighted by Crippen LogP contribution is 2.32. The van der Waals surface area contributed by atoms with Gasteiger partial charge in [-0.1, -0.05) is 15.9 Å². The van der Waals surface area contributed by atoms with E-state index >= 15 is 0 Å². The lowest BCUT2D eigenvalue weighted by Crippen LogP contribution is -2.07. The number of hydrogen-bond donors (Lipinski definition) is 0. The summed E-state index contributed by atoms with van der Waals surface area (Å²) in [5.41, 5.74) is 2.14. The van der Waals surface area contributed by atoms with Gasteiger partial charge in [-0.15, -0.1) is 0 Å². The summed E-state index contributed by atoms with van der Waals surface area (Å²) in [4.78, 5) is 12.8. The second-order valence-corrected chi connectivity index (χ2v) is 6.55. The molecule has 5 heteroatoms. The van der Waals surface area contributed by atoms with Crippen molar-refractivity contribution in [1.29, 1.82) is 0 Å². The number of carbonyl (C=O) groups excluding carboxylic acids is 1. The van der Waals surface area contributed by atoms with Crippen LogP contribution in [0.15, 0.2) is 34.8 Å². The summed E-state index contributed by atoms with van der Waals surface area (Å²) in [7, 11) is 3.14. The average Bonchev–Trinajstić information content (AvgIpc) is 2.48. The van der Waals surface area contributed by atoms with Crippen LogP contribution in [0.4, 0.5) is 0 Å². The highest BCUT2D eigenvalue weighted by Gasteiger charge is 2.18. The van der Waals surface area contributed by atoms with E-state index in [1.807, 2.05) is 31.2 Å². The van der Waals surface area contributed by atoms with E-state index in [0.29, 0.717) is 22.6 Å². The van der Waals surface area contributed by atoms with Crippen molar-refractivity contribution in [3.05, 3.63) is 55.1 Å². The minimum Gasteiger partial charge on any atom is -0.493 e. The van der Waals surface area contributed by atoms with Crippen molar-refractivity contribution in [3.63, 3.8) is 0 Å². The molecule has 0 saturated heterocycles. The maximum absolute atomic E-state index is 12.8. The molecule has 2 aromatic rings. The lowest BCUT2D eigenvalue weighted by atomic mass is 9.98. The molecule has 0 amide bonds. The number of ketones is 1. The van der Waals surface area contributed by atoms with Crippen LogP contribution in [-0.2, 0) is 0 Å². The van der Waals surface area contributed by atoms with Gasteiger partial charge in [0.05, 0.1) is 14.2 Å². The molecule has 110 valence electrons. The maximum Gasteiger partial charge on any atom is 0.194 e. The Bertz CT molecular complexity index is 698. The van der Waals surface area contributed by atoms with Gasteiger partial charge in [0, 0.05) is 19.2 Å². The zero-order valence-electron chi connectivity index (χ0n) is 11.9. The lowest BCUT2D eigenvalue weighted by molar-refractivity contribution is 0.103. The van der Waals surface area contributed by atoms with Crippen molar-refractivity contribution in [2.75, 3.05) is 14.2 Å². The number of halogens is 2. The van der Waals surface area contributed by atoms with Gasteiger partial charge in [-0.2, -0.15) is 0 Å². The van der Waals surface area contributed by atoms with Crippen LogP contribution in [-0.4, -0.2) is 20.0 Å². The molecular weight excluding hydrogens is 447 g/mol. The molecule has 0 aliphatic heterocycles. The van der Waals surface area contributed by atoms with Gasteiger partial charge in [0.25, 0.3) is 0 Å². The van der Waals surface area contributed by atoms with E-state index in [2.05, 4.69) is 38.5 Å². The summed E-state index contributed by atoms with van der Waals surface area (Å²) in [5.74, 6) is 1.14. The minimum atomic E-state index is -0.0286. The van der Waals surface area contributed by atoms with E-state index in [0.717, 1.165) is 13.6 Å². The summed E-state index contributed by atoms with van der Waals surface area (Å²) in [6.45, 7) is 1.89. The molecule has 2 aromatic carbocycles. The Morgan fingerprint density at radius 1 is 1.05 bits per heavy atom. The smallest absolute Gasteiger partial charge is 0.194 e. The fourth-order valence-corrected chi connectivity index (χ4v) is 2.98. The van der Waals surface area contributed by atoms with Gasteiger partial charge in [-0.3, -0.25) is 4.79 Å². The molecule has 0 radical (unpaired) electrons. The van der Waals surface area contributed by atoms with Crippen molar-refractivity contribution >= 4 is 44.3 Å². The Labute approximate surface area is 145 Å². The van der Waals surface area contributed by atoms with Crippen molar-refractivity contribution in [2.45, 2.75) is 6.92 Å². The number of benzene rings is 2. The first-order valence-electron chi connectivity index (χ1n) is 6.20. The lowest BCUT2D eigenvalue weighted by Gasteiger charge is -2.13. The summed E-state index contributed by atoms with van der Waals surface area (Å²) >= 11 is 5.57. The molecule has 0 fully saturated rings. The van der Waals surface area contributed by atoms with Crippen LogP contribution in [0.2, 0.25) is 0 Å². The summed E-state index contributed by atoms with van der Waals surface area (Å²) in [6.07, 6.45) is 0. The maximum atomic E-state index is 12.8. The molecule has 0 unspecified atom stereocenters. The highest BCUT2D eigenvalue weighted by molar-refractivity contribution is 14.1. The van der Waals surface area contributed by atoms with Crippen LogP contribution in [0, 0.1) is 10.5 Å². The van der Waals surface area contributed by atoms with Crippen LogP contribution in [0.1, 0.15) is 21.5 Å². The third-order valence-corrected chi connectivity index (χ3v) is 4.58. The fourth-order valence-electron chi connectivity index (χ4n) is 2.04. The fraction of sp³-hybridized carbons (Fsp3) is 0.188. The van der Waals surface area contributed by atoms with E-state index in [1.165, 1.54) is 0 Å². The normalized spacial score (nSPS) is 10.3. The van der Waals surface area contributed by atoms with Crippen molar-refractivity contribution in [3.8, 4) is 11.5 Å². The minimum absolute atomic E-state index is 0.0286. The largest absolute Gasteiger partial charge is 0.493 e. The van der Waals surface area contributed by atoms with Crippen molar-refractivity contribution in [2.24, 2.45) is 0 Å². The Balaban J connectivity index is 2.55. The van der Waals surface area contributed by atoms with Crippen LogP contribution in [0.3, 0.4) is 0 Å².